The molecule has 0 aliphatic carbocycles. The molecule has 2 aromatic rings. The zero-order chi connectivity index (χ0) is 16.3. The Kier molecular flexibility index (Phi) is 5.13. The monoisotopic (exact) mass is 391 g/mol. The summed E-state index contributed by atoms with van der Waals surface area (Å²) in [4.78, 5) is 11.8. The first kappa shape index (κ1) is 16.8. The maximum atomic E-state index is 12.7. The molecule has 2 rings (SSSR count). The highest BCUT2D eigenvalue weighted by Gasteiger charge is 2.30. The van der Waals surface area contributed by atoms with Crippen LogP contribution >= 0.6 is 27.5 Å². The predicted molar refractivity (Wildman–Crippen MR) is 83.9 cm³/mol. The smallest absolute Gasteiger partial charge is 0.355 e. The molecule has 22 heavy (non-hydrogen) atoms. The summed E-state index contributed by atoms with van der Waals surface area (Å²) in [6.07, 6.45) is -4.42. The largest absolute Gasteiger partial charge is 0.416 e. The van der Waals surface area contributed by atoms with E-state index in [9.17, 15) is 18.0 Å². The molecule has 2 nitrogen and oxygen atoms in total. The molecule has 0 saturated heterocycles. The average Bonchev–Trinajstić information content (AvgIpc) is 2.47. The van der Waals surface area contributed by atoms with E-state index in [0.717, 1.165) is 12.1 Å². The molecule has 0 radical (unpaired) electrons. The normalized spacial score (nSPS) is 11.3. The van der Waals surface area contributed by atoms with E-state index < -0.39 is 11.7 Å². The van der Waals surface area contributed by atoms with Crippen molar-refractivity contribution in [3.05, 3.63) is 58.1 Å². The molecule has 0 unspecified atom stereocenters. The zero-order valence-electron chi connectivity index (χ0n) is 11.0. The van der Waals surface area contributed by atoms with Gasteiger partial charge in [-0.15, -0.1) is 11.6 Å². The number of anilines is 2. The van der Waals surface area contributed by atoms with Crippen LogP contribution in [-0.4, -0.2) is 11.7 Å². The Morgan fingerprint density at radius 2 is 1.91 bits per heavy atom. The molecule has 0 atom stereocenters. The van der Waals surface area contributed by atoms with Crippen LogP contribution in [0.1, 0.15) is 15.9 Å². The Morgan fingerprint density at radius 1 is 1.18 bits per heavy atom. The number of Topliss-reactive ketones (excluding diaryl/α,β-unsaturated/α-hetero) is 1. The lowest BCUT2D eigenvalue weighted by molar-refractivity contribution is -0.137. The second-order valence-corrected chi connectivity index (χ2v) is 5.63. The fraction of sp³-hybridized carbons (Fsp3) is 0.133. The Hall–Kier alpha value is -1.53. The summed E-state index contributed by atoms with van der Waals surface area (Å²) in [5.41, 5.74) is 0.176. The topological polar surface area (TPSA) is 29.1 Å². The lowest BCUT2D eigenvalue weighted by Crippen LogP contribution is -2.07. The lowest BCUT2D eigenvalue weighted by atomic mass is 10.1. The van der Waals surface area contributed by atoms with Crippen molar-refractivity contribution in [2.45, 2.75) is 6.18 Å². The Bertz CT molecular complexity index is 703. The quantitative estimate of drug-likeness (QED) is 0.539. The van der Waals surface area contributed by atoms with E-state index >= 15 is 0 Å². The zero-order valence-corrected chi connectivity index (χ0v) is 13.4. The van der Waals surface area contributed by atoms with Crippen molar-refractivity contribution < 1.29 is 18.0 Å². The van der Waals surface area contributed by atoms with Crippen LogP contribution < -0.4 is 5.32 Å². The van der Waals surface area contributed by atoms with E-state index in [2.05, 4.69) is 21.2 Å². The van der Waals surface area contributed by atoms with Gasteiger partial charge in [-0.1, -0.05) is 22.0 Å². The summed E-state index contributed by atoms with van der Waals surface area (Å²) in [6.45, 7) is 0. The fourth-order valence-electron chi connectivity index (χ4n) is 1.86. The average molecular weight is 393 g/mol. The number of benzene rings is 2. The number of halogens is 5. The minimum atomic E-state index is -4.42. The Morgan fingerprint density at radius 3 is 2.55 bits per heavy atom. The molecule has 0 amide bonds. The first-order valence-corrected chi connectivity index (χ1v) is 7.47. The van der Waals surface area contributed by atoms with Gasteiger partial charge in [-0.2, -0.15) is 13.2 Å². The van der Waals surface area contributed by atoms with E-state index in [-0.39, 0.29) is 17.4 Å². The minimum absolute atomic E-state index is 0.215. The second-order valence-electron chi connectivity index (χ2n) is 4.45. The van der Waals surface area contributed by atoms with Crippen LogP contribution in [0.5, 0.6) is 0 Å². The minimum Gasteiger partial charge on any atom is -0.355 e. The summed E-state index contributed by atoms with van der Waals surface area (Å²) in [7, 11) is 0. The number of ketones is 1. The van der Waals surface area contributed by atoms with Crippen LogP contribution in [0.25, 0.3) is 0 Å². The highest BCUT2D eigenvalue weighted by Crippen LogP contribution is 2.32. The number of hydrogen-bond donors (Lipinski definition) is 1. The summed E-state index contributed by atoms with van der Waals surface area (Å²) in [5.74, 6) is -0.536. The summed E-state index contributed by atoms with van der Waals surface area (Å²) >= 11 is 8.80. The van der Waals surface area contributed by atoms with Crippen molar-refractivity contribution in [3.63, 3.8) is 0 Å². The maximum Gasteiger partial charge on any atom is 0.416 e. The summed E-state index contributed by atoms with van der Waals surface area (Å²) < 4.78 is 38.8. The molecule has 0 fully saturated rings. The van der Waals surface area contributed by atoms with Crippen molar-refractivity contribution in [2.75, 3.05) is 11.2 Å². The molecule has 2 aromatic carbocycles. The second kappa shape index (κ2) is 6.71. The van der Waals surface area contributed by atoms with Gasteiger partial charge in [0.2, 0.25) is 0 Å². The highest BCUT2D eigenvalue weighted by atomic mass is 79.9. The molecule has 0 aliphatic rings. The molecule has 0 heterocycles. The van der Waals surface area contributed by atoms with Gasteiger partial charge >= 0.3 is 6.18 Å². The maximum absolute atomic E-state index is 12.7. The van der Waals surface area contributed by atoms with Crippen LogP contribution in [0, 0.1) is 0 Å². The number of hydrogen-bond acceptors (Lipinski definition) is 2. The van der Waals surface area contributed by atoms with Gasteiger partial charge in [0.05, 0.1) is 11.4 Å². The van der Waals surface area contributed by atoms with E-state index in [0.29, 0.717) is 15.7 Å². The third-order valence-electron chi connectivity index (χ3n) is 2.87. The number of alkyl halides is 4. The van der Waals surface area contributed by atoms with Gasteiger partial charge < -0.3 is 5.32 Å². The summed E-state index contributed by atoms with van der Waals surface area (Å²) in [6, 6.07) is 9.61. The van der Waals surface area contributed by atoms with Crippen molar-refractivity contribution in [1.82, 2.24) is 0 Å². The van der Waals surface area contributed by atoms with E-state index in [1.54, 1.807) is 18.2 Å². The molecule has 1 N–H and O–H groups in total. The van der Waals surface area contributed by atoms with Gasteiger partial charge in [-0.05, 0) is 36.4 Å². The van der Waals surface area contributed by atoms with Gasteiger partial charge in [0, 0.05) is 21.4 Å². The number of nitrogens with one attached hydrogen (secondary N) is 1. The fourth-order valence-corrected chi connectivity index (χ4v) is 2.36. The molecule has 116 valence electrons. The predicted octanol–water partition coefficient (Wildman–Crippen LogP) is 5.63. The van der Waals surface area contributed by atoms with E-state index in [1.165, 1.54) is 12.1 Å². The number of rotatable bonds is 4. The Labute approximate surface area is 138 Å². The van der Waals surface area contributed by atoms with Crippen molar-refractivity contribution in [3.8, 4) is 0 Å². The molecular formula is C15H10BrClF3NO. The first-order chi connectivity index (χ1) is 10.3. The van der Waals surface area contributed by atoms with Crippen molar-refractivity contribution in [2.24, 2.45) is 0 Å². The van der Waals surface area contributed by atoms with Crippen LogP contribution in [0.15, 0.2) is 46.9 Å². The molecule has 0 spiro atoms. The van der Waals surface area contributed by atoms with E-state index in [1.807, 2.05) is 0 Å². The molecule has 0 aliphatic heterocycles. The lowest BCUT2D eigenvalue weighted by Gasteiger charge is -2.13. The third kappa shape index (κ3) is 4.01. The SMILES string of the molecule is O=C(CCl)c1cc(Br)ccc1Nc1cccc(C(F)(F)F)c1. The van der Waals surface area contributed by atoms with Gasteiger partial charge in [0.15, 0.2) is 5.78 Å². The van der Waals surface area contributed by atoms with Gasteiger partial charge in [-0.3, -0.25) is 4.79 Å². The standard InChI is InChI=1S/C15H10BrClF3NO/c16-10-4-5-13(12(7-10)14(22)8-17)21-11-3-1-2-9(6-11)15(18,19)20/h1-7,21H,8H2. The van der Waals surface area contributed by atoms with Crippen LogP contribution in [0.4, 0.5) is 24.5 Å². The Balaban J connectivity index is 2.37. The molecule has 0 bridgehead atoms. The van der Waals surface area contributed by atoms with E-state index in [4.69, 9.17) is 11.6 Å². The van der Waals surface area contributed by atoms with Gasteiger partial charge in [0.25, 0.3) is 0 Å². The van der Waals surface area contributed by atoms with Crippen molar-refractivity contribution in [1.29, 1.82) is 0 Å². The molecule has 0 saturated carbocycles. The van der Waals surface area contributed by atoms with Crippen LogP contribution in [0.2, 0.25) is 0 Å². The van der Waals surface area contributed by atoms with Gasteiger partial charge in [0.1, 0.15) is 0 Å². The third-order valence-corrected chi connectivity index (χ3v) is 3.61. The van der Waals surface area contributed by atoms with Crippen LogP contribution in [-0.2, 0) is 6.18 Å². The molecule has 0 aromatic heterocycles. The van der Waals surface area contributed by atoms with Crippen molar-refractivity contribution >= 4 is 44.7 Å². The first-order valence-electron chi connectivity index (χ1n) is 6.14. The summed E-state index contributed by atoms with van der Waals surface area (Å²) in [5, 5.41) is 2.83. The molecule has 7 heteroatoms. The highest BCUT2D eigenvalue weighted by molar-refractivity contribution is 9.10. The molecular weight excluding hydrogens is 383 g/mol. The number of carbonyl (C=O) groups is 1. The van der Waals surface area contributed by atoms with Gasteiger partial charge in [-0.25, -0.2) is 0 Å². The van der Waals surface area contributed by atoms with Crippen LogP contribution in [0.3, 0.4) is 0 Å². The number of carbonyl (C=O) groups excluding carboxylic acids is 1.